The van der Waals surface area contributed by atoms with Crippen molar-refractivity contribution in [2.75, 3.05) is 11.9 Å². The maximum Gasteiger partial charge on any atom is 0.335 e. The fourth-order valence-electron chi connectivity index (χ4n) is 3.01. The zero-order chi connectivity index (χ0) is 25.4. The van der Waals surface area contributed by atoms with Gasteiger partial charge in [-0.1, -0.05) is 12.1 Å². The predicted molar refractivity (Wildman–Crippen MR) is 149 cm³/mol. The maximum absolute atomic E-state index is 12.6. The summed E-state index contributed by atoms with van der Waals surface area (Å²) in [6, 6.07) is 19.0. The minimum Gasteiger partial charge on any atom is -0.494 e. The van der Waals surface area contributed by atoms with Gasteiger partial charge in [-0.2, -0.15) is 5.26 Å². The van der Waals surface area contributed by atoms with Crippen LogP contribution in [0.4, 0.5) is 5.69 Å². The van der Waals surface area contributed by atoms with Gasteiger partial charge in [-0.3, -0.25) is 4.79 Å². The number of rotatable bonds is 9. The molecule has 3 rings (SSSR count). The van der Waals surface area contributed by atoms with Crippen molar-refractivity contribution in [3.63, 3.8) is 0 Å². The average Bonchev–Trinajstić information content (AvgIpc) is 2.83. The van der Waals surface area contributed by atoms with Crippen molar-refractivity contribution in [2.45, 2.75) is 13.5 Å². The van der Waals surface area contributed by atoms with E-state index in [-0.39, 0.29) is 17.7 Å². The van der Waals surface area contributed by atoms with E-state index >= 15 is 0 Å². The average molecular weight is 694 g/mol. The van der Waals surface area contributed by atoms with Crippen molar-refractivity contribution in [1.29, 1.82) is 5.26 Å². The van der Waals surface area contributed by atoms with Crippen molar-refractivity contribution < 1.29 is 24.2 Å². The first kappa shape index (κ1) is 26.5. The van der Waals surface area contributed by atoms with Crippen molar-refractivity contribution in [3.05, 3.63) is 90.1 Å². The normalized spacial score (nSPS) is 10.9. The Hall–Kier alpha value is -3.11. The summed E-state index contributed by atoms with van der Waals surface area (Å²) in [5.74, 6) is -0.116. The standard InChI is InChI=1S/C26H20I2N2O5/c1-2-34-21-9-7-20(8-10-21)30-25(31)19(14-29)11-17-12-22(27)24(23(28)13-17)35-15-16-3-5-18(6-4-16)26(32)33/h3-13H,2,15H2,1H3,(H,30,31)(H,32,33)/b19-11+. The first-order chi connectivity index (χ1) is 16.8. The lowest BCUT2D eigenvalue weighted by atomic mass is 10.1. The Bertz CT molecular complexity index is 1270. The third-order valence-corrected chi connectivity index (χ3v) is 6.31. The zero-order valence-electron chi connectivity index (χ0n) is 18.5. The number of carbonyl (C=O) groups excluding carboxylic acids is 1. The van der Waals surface area contributed by atoms with Gasteiger partial charge in [-0.25, -0.2) is 4.79 Å². The predicted octanol–water partition coefficient (Wildman–Crippen LogP) is 6.12. The van der Waals surface area contributed by atoms with Crippen LogP contribution < -0.4 is 14.8 Å². The molecule has 0 bridgehead atoms. The molecule has 0 saturated carbocycles. The van der Waals surface area contributed by atoms with Gasteiger partial charge >= 0.3 is 5.97 Å². The smallest absolute Gasteiger partial charge is 0.335 e. The molecular formula is C26H20I2N2O5. The van der Waals surface area contributed by atoms with E-state index in [0.717, 1.165) is 12.7 Å². The zero-order valence-corrected chi connectivity index (χ0v) is 22.9. The number of carbonyl (C=O) groups is 2. The molecule has 0 atom stereocenters. The quantitative estimate of drug-likeness (QED) is 0.159. The number of amides is 1. The molecule has 3 aromatic carbocycles. The second-order valence-electron chi connectivity index (χ2n) is 7.19. The van der Waals surface area contributed by atoms with Gasteiger partial charge in [-0.05, 0) is 118 Å². The van der Waals surface area contributed by atoms with Gasteiger partial charge in [0.05, 0.1) is 19.3 Å². The number of hydrogen-bond acceptors (Lipinski definition) is 5. The molecule has 0 aliphatic rings. The lowest BCUT2D eigenvalue weighted by Crippen LogP contribution is -2.13. The first-order valence-corrected chi connectivity index (χ1v) is 12.6. The second-order valence-corrected chi connectivity index (χ2v) is 9.51. The third-order valence-electron chi connectivity index (χ3n) is 4.70. The first-order valence-electron chi connectivity index (χ1n) is 10.4. The molecule has 9 heteroatoms. The Balaban J connectivity index is 1.71. The summed E-state index contributed by atoms with van der Waals surface area (Å²) in [7, 11) is 0. The topological polar surface area (TPSA) is 109 Å². The third kappa shape index (κ3) is 7.43. The van der Waals surface area contributed by atoms with Crippen LogP contribution in [0.2, 0.25) is 0 Å². The van der Waals surface area contributed by atoms with E-state index in [1.807, 2.05) is 25.1 Å². The van der Waals surface area contributed by atoms with Gasteiger partial charge in [0.2, 0.25) is 0 Å². The summed E-state index contributed by atoms with van der Waals surface area (Å²) in [6.45, 7) is 2.71. The van der Waals surface area contributed by atoms with Crippen LogP contribution in [-0.2, 0) is 11.4 Å². The SMILES string of the molecule is CCOc1ccc(NC(=O)/C(C#N)=C/c2cc(I)c(OCc3ccc(C(=O)O)cc3)c(I)c2)cc1. The van der Waals surface area contributed by atoms with E-state index in [1.165, 1.54) is 18.2 Å². The van der Waals surface area contributed by atoms with Gasteiger partial charge in [-0.15, -0.1) is 0 Å². The number of ether oxygens (including phenoxy) is 2. The highest BCUT2D eigenvalue weighted by Crippen LogP contribution is 2.30. The summed E-state index contributed by atoms with van der Waals surface area (Å²) < 4.78 is 13.0. The molecule has 35 heavy (non-hydrogen) atoms. The van der Waals surface area contributed by atoms with Crippen LogP contribution in [0.15, 0.2) is 66.2 Å². The number of aromatic carboxylic acids is 1. The Labute approximate surface area is 230 Å². The number of nitrogens with zero attached hydrogens (tertiary/aromatic N) is 1. The summed E-state index contributed by atoms with van der Waals surface area (Å²) in [5.41, 5.74) is 2.27. The van der Waals surface area contributed by atoms with E-state index in [2.05, 4.69) is 50.5 Å². The molecule has 0 aromatic heterocycles. The monoisotopic (exact) mass is 694 g/mol. The summed E-state index contributed by atoms with van der Waals surface area (Å²) in [5, 5.41) is 21.3. The van der Waals surface area contributed by atoms with Crippen LogP contribution in [0.1, 0.15) is 28.4 Å². The number of hydrogen-bond donors (Lipinski definition) is 2. The number of carboxylic acid groups (broad SMARTS) is 1. The minimum absolute atomic E-state index is 0.0299. The fraction of sp³-hybridized carbons (Fsp3) is 0.115. The summed E-state index contributed by atoms with van der Waals surface area (Å²) in [4.78, 5) is 23.6. The minimum atomic E-state index is -0.977. The number of carboxylic acids is 1. The van der Waals surface area contributed by atoms with Crippen molar-refractivity contribution in [2.24, 2.45) is 0 Å². The largest absolute Gasteiger partial charge is 0.494 e. The Morgan fingerprint density at radius 3 is 2.20 bits per heavy atom. The molecule has 7 nitrogen and oxygen atoms in total. The van der Waals surface area contributed by atoms with E-state index < -0.39 is 11.9 Å². The highest BCUT2D eigenvalue weighted by atomic mass is 127. The van der Waals surface area contributed by atoms with E-state index in [1.54, 1.807) is 36.4 Å². The number of nitrogens with one attached hydrogen (secondary N) is 1. The lowest BCUT2D eigenvalue weighted by Gasteiger charge is -2.12. The van der Waals surface area contributed by atoms with E-state index in [4.69, 9.17) is 14.6 Å². The Kier molecular flexibility index (Phi) is 9.50. The van der Waals surface area contributed by atoms with Crippen molar-refractivity contribution in [3.8, 4) is 17.6 Å². The Morgan fingerprint density at radius 1 is 1.03 bits per heavy atom. The van der Waals surface area contributed by atoms with Gasteiger partial charge in [0.15, 0.2) is 0 Å². The second kappa shape index (κ2) is 12.6. The molecule has 2 N–H and O–H groups in total. The molecule has 1 amide bonds. The van der Waals surface area contributed by atoms with Crippen molar-refractivity contribution >= 4 is 68.8 Å². The van der Waals surface area contributed by atoms with Gasteiger partial charge < -0.3 is 19.9 Å². The molecule has 0 unspecified atom stereocenters. The van der Waals surface area contributed by atoms with Crippen molar-refractivity contribution in [1.82, 2.24) is 0 Å². The number of anilines is 1. The molecule has 0 aliphatic heterocycles. The van der Waals surface area contributed by atoms with Crippen LogP contribution >= 0.6 is 45.2 Å². The van der Waals surface area contributed by atoms with Gasteiger partial charge in [0, 0.05) is 5.69 Å². The van der Waals surface area contributed by atoms with E-state index in [0.29, 0.717) is 29.4 Å². The molecule has 3 aromatic rings. The number of halogens is 2. The van der Waals surface area contributed by atoms with Crippen LogP contribution in [0.5, 0.6) is 11.5 Å². The fourth-order valence-corrected chi connectivity index (χ4v) is 5.14. The molecule has 0 aliphatic carbocycles. The molecule has 0 heterocycles. The van der Waals surface area contributed by atoms with Crippen LogP contribution in [0.25, 0.3) is 6.08 Å². The molecular weight excluding hydrogens is 674 g/mol. The van der Waals surface area contributed by atoms with Crippen LogP contribution in [-0.4, -0.2) is 23.6 Å². The number of benzene rings is 3. The maximum atomic E-state index is 12.6. The highest BCUT2D eigenvalue weighted by Gasteiger charge is 2.13. The summed E-state index contributed by atoms with van der Waals surface area (Å²) in [6.07, 6.45) is 1.53. The lowest BCUT2D eigenvalue weighted by molar-refractivity contribution is -0.112. The van der Waals surface area contributed by atoms with Gasteiger partial charge in [0.1, 0.15) is 29.7 Å². The van der Waals surface area contributed by atoms with Crippen LogP contribution in [0.3, 0.4) is 0 Å². The highest BCUT2D eigenvalue weighted by molar-refractivity contribution is 14.1. The number of nitriles is 1. The molecule has 0 saturated heterocycles. The molecule has 0 fully saturated rings. The Morgan fingerprint density at radius 2 is 1.66 bits per heavy atom. The van der Waals surface area contributed by atoms with E-state index in [9.17, 15) is 14.9 Å². The molecule has 0 radical (unpaired) electrons. The molecule has 0 spiro atoms. The molecule has 178 valence electrons. The summed E-state index contributed by atoms with van der Waals surface area (Å²) >= 11 is 4.28. The van der Waals surface area contributed by atoms with Crippen LogP contribution in [0, 0.1) is 18.5 Å². The van der Waals surface area contributed by atoms with Gasteiger partial charge in [0.25, 0.3) is 5.91 Å².